The molecule has 0 radical (unpaired) electrons. The van der Waals surface area contributed by atoms with Crippen LogP contribution in [-0.2, 0) is 6.54 Å². The standard InChI is InChI=1S/C17H31N3/c1-14(2)9-7-8-12-20-13-15(3)18-17(20)19-16-10-5-4-6-11-16/h13-14,16H,4-12H2,1-3H3,(H,18,19). The first-order valence-corrected chi connectivity index (χ1v) is 8.45. The molecule has 1 saturated carbocycles. The van der Waals surface area contributed by atoms with Gasteiger partial charge in [0.25, 0.3) is 0 Å². The fourth-order valence-corrected chi connectivity index (χ4v) is 3.10. The van der Waals surface area contributed by atoms with Crippen LogP contribution in [0.15, 0.2) is 6.20 Å². The number of nitrogens with one attached hydrogen (secondary N) is 1. The Kier molecular flexibility index (Phi) is 5.93. The predicted molar refractivity (Wildman–Crippen MR) is 86.1 cm³/mol. The van der Waals surface area contributed by atoms with Crippen molar-refractivity contribution < 1.29 is 0 Å². The van der Waals surface area contributed by atoms with Crippen LogP contribution in [-0.4, -0.2) is 15.6 Å². The molecule has 0 spiro atoms. The molecule has 2 rings (SSSR count). The molecule has 1 aliphatic carbocycles. The van der Waals surface area contributed by atoms with Gasteiger partial charge in [-0.05, 0) is 32.1 Å². The first-order valence-electron chi connectivity index (χ1n) is 8.45. The van der Waals surface area contributed by atoms with Crippen LogP contribution < -0.4 is 5.32 Å². The molecule has 0 amide bonds. The molecule has 1 heterocycles. The SMILES string of the molecule is Cc1cn(CCCCC(C)C)c(NC2CCCCC2)n1. The molecule has 20 heavy (non-hydrogen) atoms. The molecule has 1 aromatic heterocycles. The van der Waals surface area contributed by atoms with E-state index < -0.39 is 0 Å². The Morgan fingerprint density at radius 3 is 2.70 bits per heavy atom. The quantitative estimate of drug-likeness (QED) is 0.728. The number of hydrogen-bond donors (Lipinski definition) is 1. The van der Waals surface area contributed by atoms with Gasteiger partial charge in [0.2, 0.25) is 5.95 Å². The zero-order chi connectivity index (χ0) is 14.4. The lowest BCUT2D eigenvalue weighted by molar-refractivity contribution is 0.457. The van der Waals surface area contributed by atoms with Gasteiger partial charge >= 0.3 is 0 Å². The molecule has 0 aliphatic heterocycles. The summed E-state index contributed by atoms with van der Waals surface area (Å²) < 4.78 is 2.32. The van der Waals surface area contributed by atoms with Crippen molar-refractivity contribution in [2.24, 2.45) is 5.92 Å². The van der Waals surface area contributed by atoms with Crippen LogP contribution in [0.5, 0.6) is 0 Å². The van der Waals surface area contributed by atoms with Gasteiger partial charge in [-0.2, -0.15) is 0 Å². The van der Waals surface area contributed by atoms with Gasteiger partial charge in [0.1, 0.15) is 0 Å². The van der Waals surface area contributed by atoms with Gasteiger partial charge in [0.15, 0.2) is 0 Å². The Hall–Kier alpha value is -0.990. The minimum Gasteiger partial charge on any atom is -0.353 e. The molecular formula is C17H31N3. The molecule has 1 fully saturated rings. The van der Waals surface area contributed by atoms with E-state index >= 15 is 0 Å². The third kappa shape index (κ3) is 4.84. The third-order valence-corrected chi connectivity index (χ3v) is 4.27. The minimum atomic E-state index is 0.639. The van der Waals surface area contributed by atoms with Crippen molar-refractivity contribution in [3.8, 4) is 0 Å². The zero-order valence-electron chi connectivity index (χ0n) is 13.5. The van der Waals surface area contributed by atoms with Crippen molar-refractivity contribution in [1.82, 2.24) is 9.55 Å². The van der Waals surface area contributed by atoms with Gasteiger partial charge in [-0.15, -0.1) is 0 Å². The highest BCUT2D eigenvalue weighted by molar-refractivity contribution is 5.30. The van der Waals surface area contributed by atoms with Crippen LogP contribution in [0.2, 0.25) is 0 Å². The van der Waals surface area contributed by atoms with E-state index in [0.717, 1.165) is 24.1 Å². The van der Waals surface area contributed by atoms with E-state index in [1.54, 1.807) is 0 Å². The number of unbranched alkanes of at least 4 members (excludes halogenated alkanes) is 1. The molecule has 114 valence electrons. The van der Waals surface area contributed by atoms with Crippen molar-refractivity contribution in [2.75, 3.05) is 5.32 Å². The normalized spacial score (nSPS) is 16.8. The molecule has 0 bridgehead atoms. The molecular weight excluding hydrogens is 246 g/mol. The van der Waals surface area contributed by atoms with Gasteiger partial charge in [-0.3, -0.25) is 0 Å². The third-order valence-electron chi connectivity index (χ3n) is 4.27. The number of nitrogens with zero attached hydrogens (tertiary/aromatic N) is 2. The number of aromatic nitrogens is 2. The van der Waals surface area contributed by atoms with Crippen LogP contribution in [0.4, 0.5) is 5.95 Å². The van der Waals surface area contributed by atoms with Crippen LogP contribution in [0, 0.1) is 12.8 Å². The van der Waals surface area contributed by atoms with E-state index in [4.69, 9.17) is 0 Å². The number of aryl methyl sites for hydroxylation is 2. The fourth-order valence-electron chi connectivity index (χ4n) is 3.10. The average molecular weight is 277 g/mol. The number of rotatable bonds is 7. The summed E-state index contributed by atoms with van der Waals surface area (Å²) in [4.78, 5) is 4.67. The Bertz CT molecular complexity index is 389. The predicted octanol–water partition coefficient (Wildman–Crippen LogP) is 4.76. The van der Waals surface area contributed by atoms with Crippen LogP contribution >= 0.6 is 0 Å². The second kappa shape index (κ2) is 7.70. The molecule has 3 nitrogen and oxygen atoms in total. The Balaban J connectivity index is 1.84. The zero-order valence-corrected chi connectivity index (χ0v) is 13.5. The first-order chi connectivity index (χ1) is 9.65. The van der Waals surface area contributed by atoms with E-state index in [2.05, 4.69) is 41.8 Å². The highest BCUT2D eigenvalue weighted by atomic mass is 15.2. The van der Waals surface area contributed by atoms with Gasteiger partial charge in [-0.1, -0.05) is 46.0 Å². The van der Waals surface area contributed by atoms with Gasteiger partial charge in [0.05, 0.1) is 5.69 Å². The minimum absolute atomic E-state index is 0.639. The molecule has 0 saturated heterocycles. The van der Waals surface area contributed by atoms with E-state index in [1.807, 2.05) is 0 Å². The van der Waals surface area contributed by atoms with Crippen LogP contribution in [0.25, 0.3) is 0 Å². The van der Waals surface area contributed by atoms with E-state index in [-0.39, 0.29) is 0 Å². The van der Waals surface area contributed by atoms with Crippen molar-refractivity contribution in [2.45, 2.75) is 84.7 Å². The lowest BCUT2D eigenvalue weighted by Gasteiger charge is -2.23. The second-order valence-electron chi connectivity index (χ2n) is 6.77. The smallest absolute Gasteiger partial charge is 0.203 e. The van der Waals surface area contributed by atoms with E-state index in [0.29, 0.717) is 6.04 Å². The maximum Gasteiger partial charge on any atom is 0.203 e. The molecule has 1 aromatic rings. The summed E-state index contributed by atoms with van der Waals surface area (Å²) in [5, 5.41) is 3.67. The average Bonchev–Trinajstić information content (AvgIpc) is 2.76. The summed E-state index contributed by atoms with van der Waals surface area (Å²) >= 11 is 0. The summed E-state index contributed by atoms with van der Waals surface area (Å²) in [5.41, 5.74) is 1.13. The highest BCUT2D eigenvalue weighted by Crippen LogP contribution is 2.22. The summed E-state index contributed by atoms with van der Waals surface area (Å²) in [6.45, 7) is 7.80. The van der Waals surface area contributed by atoms with Gasteiger partial charge in [0, 0.05) is 18.8 Å². The van der Waals surface area contributed by atoms with Crippen molar-refractivity contribution in [3.63, 3.8) is 0 Å². The summed E-state index contributed by atoms with van der Waals surface area (Å²) in [7, 11) is 0. The van der Waals surface area contributed by atoms with Gasteiger partial charge in [-0.25, -0.2) is 4.98 Å². The first kappa shape index (κ1) is 15.4. The summed E-state index contributed by atoms with van der Waals surface area (Å²) in [5.74, 6) is 1.92. The summed E-state index contributed by atoms with van der Waals surface area (Å²) in [6, 6.07) is 0.639. The Morgan fingerprint density at radius 1 is 1.25 bits per heavy atom. The number of hydrogen-bond acceptors (Lipinski definition) is 2. The maximum absolute atomic E-state index is 4.67. The second-order valence-corrected chi connectivity index (χ2v) is 6.77. The topological polar surface area (TPSA) is 29.9 Å². The molecule has 3 heteroatoms. The van der Waals surface area contributed by atoms with Crippen LogP contribution in [0.3, 0.4) is 0 Å². The molecule has 0 atom stereocenters. The molecule has 1 N–H and O–H groups in total. The largest absolute Gasteiger partial charge is 0.353 e. The van der Waals surface area contributed by atoms with E-state index in [1.165, 1.54) is 51.4 Å². The lowest BCUT2D eigenvalue weighted by Crippen LogP contribution is -2.24. The molecule has 0 aromatic carbocycles. The number of imidazole rings is 1. The highest BCUT2D eigenvalue weighted by Gasteiger charge is 2.15. The van der Waals surface area contributed by atoms with Crippen LogP contribution in [0.1, 0.15) is 70.9 Å². The van der Waals surface area contributed by atoms with Crippen molar-refractivity contribution in [1.29, 1.82) is 0 Å². The lowest BCUT2D eigenvalue weighted by atomic mass is 9.96. The Morgan fingerprint density at radius 2 is 2.00 bits per heavy atom. The Labute approximate surface area is 124 Å². The molecule has 0 unspecified atom stereocenters. The van der Waals surface area contributed by atoms with E-state index in [9.17, 15) is 0 Å². The molecule has 1 aliphatic rings. The number of anilines is 1. The summed E-state index contributed by atoms with van der Waals surface area (Å²) in [6.07, 6.45) is 12.8. The monoisotopic (exact) mass is 277 g/mol. The van der Waals surface area contributed by atoms with Crippen molar-refractivity contribution in [3.05, 3.63) is 11.9 Å². The fraction of sp³-hybridized carbons (Fsp3) is 0.824. The maximum atomic E-state index is 4.67. The van der Waals surface area contributed by atoms with Gasteiger partial charge < -0.3 is 9.88 Å². The van der Waals surface area contributed by atoms with Crippen molar-refractivity contribution >= 4 is 5.95 Å².